The van der Waals surface area contributed by atoms with Crippen LogP contribution in [0.4, 0.5) is 0 Å². The van der Waals surface area contributed by atoms with E-state index in [-0.39, 0.29) is 30.6 Å². The molecule has 2 aromatic carbocycles. The number of Topliss-reactive ketones (excluding diaryl/α,β-unsaturated/α-hetero) is 1. The molecule has 0 radical (unpaired) electrons. The van der Waals surface area contributed by atoms with Gasteiger partial charge < -0.3 is 24.9 Å². The van der Waals surface area contributed by atoms with Crippen LogP contribution in [0.25, 0.3) is 11.3 Å². The number of ether oxygens (including phenoxy) is 2. The van der Waals surface area contributed by atoms with Gasteiger partial charge in [0.2, 0.25) is 18.3 Å². The predicted molar refractivity (Wildman–Crippen MR) is 108 cm³/mol. The summed E-state index contributed by atoms with van der Waals surface area (Å²) in [6.45, 7) is 1.65. The summed E-state index contributed by atoms with van der Waals surface area (Å²) < 4.78 is 16.4. The zero-order chi connectivity index (χ0) is 22.0. The normalized spacial score (nSPS) is 12.9. The Hall–Kier alpha value is -4.14. The Balaban J connectivity index is 1.65. The van der Waals surface area contributed by atoms with Crippen LogP contribution in [0.1, 0.15) is 22.0 Å². The number of nitrogens with two attached hydrogens (primary N) is 1. The molecule has 0 aliphatic carbocycles. The van der Waals surface area contributed by atoms with Gasteiger partial charge in [-0.3, -0.25) is 14.4 Å². The molecule has 2 amide bonds. The van der Waals surface area contributed by atoms with E-state index < -0.39 is 23.6 Å². The van der Waals surface area contributed by atoms with E-state index in [4.69, 9.17) is 19.6 Å². The maximum atomic E-state index is 13.1. The van der Waals surface area contributed by atoms with Gasteiger partial charge in [-0.1, -0.05) is 36.4 Å². The molecule has 158 valence electrons. The minimum atomic E-state index is -1.16. The molecule has 1 unspecified atom stereocenters. The van der Waals surface area contributed by atoms with Crippen molar-refractivity contribution in [3.63, 3.8) is 0 Å². The van der Waals surface area contributed by atoms with Crippen molar-refractivity contribution >= 4 is 17.6 Å². The molecule has 0 saturated heterocycles. The van der Waals surface area contributed by atoms with Crippen LogP contribution < -0.4 is 20.5 Å². The summed E-state index contributed by atoms with van der Waals surface area (Å²) in [5, 5.41) is 2.56. The van der Waals surface area contributed by atoms with Crippen molar-refractivity contribution in [2.75, 3.05) is 6.79 Å². The van der Waals surface area contributed by atoms with Crippen molar-refractivity contribution in [3.8, 4) is 22.8 Å². The van der Waals surface area contributed by atoms with Crippen LogP contribution in [0.15, 0.2) is 52.9 Å². The van der Waals surface area contributed by atoms with Gasteiger partial charge in [0.05, 0.1) is 5.56 Å². The Morgan fingerprint density at radius 1 is 1.10 bits per heavy atom. The Labute approximate surface area is 177 Å². The molecule has 1 atom stereocenters. The number of carbonyl (C=O) groups is 3. The minimum absolute atomic E-state index is 0.0526. The number of nitrogens with zero attached hydrogens (tertiary/aromatic N) is 1. The van der Waals surface area contributed by atoms with E-state index in [1.54, 1.807) is 49.4 Å². The number of hydrogen-bond acceptors (Lipinski definition) is 7. The average molecular weight is 421 g/mol. The summed E-state index contributed by atoms with van der Waals surface area (Å²) in [5.74, 6) is -1.65. The van der Waals surface area contributed by atoms with Crippen molar-refractivity contribution < 1.29 is 28.3 Å². The van der Waals surface area contributed by atoms with Crippen molar-refractivity contribution in [2.24, 2.45) is 5.73 Å². The Morgan fingerprint density at radius 2 is 1.87 bits per heavy atom. The summed E-state index contributed by atoms with van der Waals surface area (Å²) in [5.41, 5.74) is 6.69. The average Bonchev–Trinajstić information content (AvgIpc) is 3.39. The fourth-order valence-electron chi connectivity index (χ4n) is 3.33. The number of fused-ring (bicyclic) bond motifs is 1. The van der Waals surface area contributed by atoms with Crippen LogP contribution in [-0.2, 0) is 16.0 Å². The van der Waals surface area contributed by atoms with E-state index in [9.17, 15) is 14.4 Å². The first-order valence-corrected chi connectivity index (χ1v) is 9.49. The maximum Gasteiger partial charge on any atom is 0.290 e. The van der Waals surface area contributed by atoms with Gasteiger partial charge in [0.15, 0.2) is 17.4 Å². The minimum Gasteiger partial charge on any atom is -0.454 e. The smallest absolute Gasteiger partial charge is 0.290 e. The molecule has 0 spiro atoms. The maximum absolute atomic E-state index is 13.1. The highest BCUT2D eigenvalue weighted by molar-refractivity contribution is 6.38. The van der Waals surface area contributed by atoms with Crippen LogP contribution in [0, 0.1) is 6.92 Å². The second-order valence-electron chi connectivity index (χ2n) is 6.89. The molecule has 1 aliphatic heterocycles. The summed E-state index contributed by atoms with van der Waals surface area (Å²) in [7, 11) is 0. The number of aromatic nitrogens is 1. The lowest BCUT2D eigenvalue weighted by molar-refractivity contribution is -0.137. The second-order valence-corrected chi connectivity index (χ2v) is 6.89. The first kappa shape index (κ1) is 20.1. The quantitative estimate of drug-likeness (QED) is 0.555. The molecule has 31 heavy (non-hydrogen) atoms. The molecule has 1 aromatic heterocycles. The fraction of sp³-hybridized carbons (Fsp3) is 0.182. The molecular weight excluding hydrogens is 402 g/mol. The third-order valence-electron chi connectivity index (χ3n) is 4.74. The number of amides is 2. The Kier molecular flexibility index (Phi) is 5.40. The van der Waals surface area contributed by atoms with Crippen LogP contribution in [0.2, 0.25) is 0 Å². The molecule has 4 rings (SSSR count). The van der Waals surface area contributed by atoms with Gasteiger partial charge in [0, 0.05) is 13.3 Å². The molecule has 2 heterocycles. The van der Waals surface area contributed by atoms with E-state index in [2.05, 4.69) is 10.3 Å². The summed E-state index contributed by atoms with van der Waals surface area (Å²) >= 11 is 0. The predicted octanol–water partition coefficient (Wildman–Crippen LogP) is 1.77. The van der Waals surface area contributed by atoms with E-state index in [1.807, 2.05) is 6.07 Å². The largest absolute Gasteiger partial charge is 0.454 e. The number of ketones is 1. The highest BCUT2D eigenvalue weighted by Crippen LogP contribution is 2.41. The SMILES string of the molecule is Cc1nc(-c2cccc3c2OCO3)c(C(=O)NC(Cc2ccccc2)C(=O)C(N)=O)o1. The monoisotopic (exact) mass is 421 g/mol. The van der Waals surface area contributed by atoms with Gasteiger partial charge in [-0.05, 0) is 17.7 Å². The van der Waals surface area contributed by atoms with Crippen molar-refractivity contribution in [3.05, 3.63) is 65.7 Å². The summed E-state index contributed by atoms with van der Waals surface area (Å²) in [6, 6.07) is 13.0. The number of aryl methyl sites for hydroxylation is 1. The summed E-state index contributed by atoms with van der Waals surface area (Å²) in [6.07, 6.45) is 0.0918. The van der Waals surface area contributed by atoms with Crippen LogP contribution in [0.3, 0.4) is 0 Å². The zero-order valence-corrected chi connectivity index (χ0v) is 16.6. The van der Waals surface area contributed by atoms with E-state index >= 15 is 0 Å². The van der Waals surface area contributed by atoms with Crippen LogP contribution in [0.5, 0.6) is 11.5 Å². The van der Waals surface area contributed by atoms with Crippen molar-refractivity contribution in [2.45, 2.75) is 19.4 Å². The van der Waals surface area contributed by atoms with Crippen LogP contribution >= 0.6 is 0 Å². The van der Waals surface area contributed by atoms with E-state index in [1.165, 1.54) is 0 Å². The lowest BCUT2D eigenvalue weighted by atomic mass is 10.0. The lowest BCUT2D eigenvalue weighted by Gasteiger charge is -2.16. The Bertz CT molecular complexity index is 1160. The highest BCUT2D eigenvalue weighted by atomic mass is 16.7. The van der Waals surface area contributed by atoms with Gasteiger partial charge in [0.25, 0.3) is 11.8 Å². The molecule has 9 nitrogen and oxygen atoms in total. The number of rotatable bonds is 7. The number of hydrogen-bond donors (Lipinski definition) is 2. The summed E-state index contributed by atoms with van der Waals surface area (Å²) in [4.78, 5) is 41.3. The molecule has 0 fully saturated rings. The number of para-hydroxylation sites is 1. The number of oxazole rings is 1. The first-order valence-electron chi connectivity index (χ1n) is 9.49. The molecule has 1 aliphatic rings. The Morgan fingerprint density at radius 3 is 2.61 bits per heavy atom. The molecule has 3 N–H and O–H groups in total. The van der Waals surface area contributed by atoms with Gasteiger partial charge in [-0.25, -0.2) is 4.98 Å². The fourth-order valence-corrected chi connectivity index (χ4v) is 3.33. The molecule has 3 aromatic rings. The first-order chi connectivity index (χ1) is 14.9. The standard InChI is InChI=1S/C22H19N3O6/c1-12-24-17(14-8-5-9-16-19(14)30-11-29-16)20(31-12)22(28)25-15(18(26)21(23)27)10-13-6-3-2-4-7-13/h2-9,15H,10-11H2,1H3,(H2,23,27)(H,25,28). The topological polar surface area (TPSA) is 134 Å². The number of nitrogens with one attached hydrogen (secondary N) is 1. The highest BCUT2D eigenvalue weighted by Gasteiger charge is 2.31. The van der Waals surface area contributed by atoms with Gasteiger partial charge >= 0.3 is 0 Å². The number of carbonyl (C=O) groups excluding carboxylic acids is 3. The number of benzene rings is 2. The van der Waals surface area contributed by atoms with Crippen LogP contribution in [-0.4, -0.2) is 35.4 Å². The third-order valence-corrected chi connectivity index (χ3v) is 4.74. The second kappa shape index (κ2) is 8.31. The van der Waals surface area contributed by atoms with Crippen molar-refractivity contribution in [1.29, 1.82) is 0 Å². The van der Waals surface area contributed by atoms with E-state index in [0.717, 1.165) is 5.56 Å². The number of primary amides is 1. The van der Waals surface area contributed by atoms with Gasteiger partial charge in [-0.15, -0.1) is 0 Å². The van der Waals surface area contributed by atoms with E-state index in [0.29, 0.717) is 17.1 Å². The third kappa shape index (κ3) is 4.11. The van der Waals surface area contributed by atoms with Gasteiger partial charge in [-0.2, -0.15) is 0 Å². The molecule has 0 bridgehead atoms. The molecule has 9 heteroatoms. The van der Waals surface area contributed by atoms with Crippen molar-refractivity contribution in [1.82, 2.24) is 10.3 Å². The van der Waals surface area contributed by atoms with Gasteiger partial charge in [0.1, 0.15) is 11.7 Å². The molecule has 0 saturated carbocycles. The zero-order valence-electron chi connectivity index (χ0n) is 16.6. The molecular formula is C22H19N3O6. The lowest BCUT2D eigenvalue weighted by Crippen LogP contribution is -2.47.